The summed E-state index contributed by atoms with van der Waals surface area (Å²) in [5.74, 6) is 0.934. The van der Waals surface area contributed by atoms with E-state index in [4.69, 9.17) is 4.74 Å². The number of aromatic nitrogens is 2. The van der Waals surface area contributed by atoms with Gasteiger partial charge >= 0.3 is 0 Å². The molecule has 0 unspecified atom stereocenters. The Labute approximate surface area is 149 Å². The fourth-order valence-electron chi connectivity index (χ4n) is 3.15. The van der Waals surface area contributed by atoms with Crippen LogP contribution in [0.3, 0.4) is 0 Å². The van der Waals surface area contributed by atoms with Crippen molar-refractivity contribution >= 4 is 5.96 Å². The lowest BCUT2D eigenvalue weighted by molar-refractivity contribution is 0.0263. The summed E-state index contributed by atoms with van der Waals surface area (Å²) < 4.78 is 7.62. The first-order valence-corrected chi connectivity index (χ1v) is 8.97. The number of rotatable bonds is 5. The molecular formula is C19H27N5O. The average Bonchev–Trinajstić information content (AvgIpc) is 3.13. The number of likely N-dealkylation sites (tertiary alicyclic amines) is 1. The second kappa shape index (κ2) is 8.67. The van der Waals surface area contributed by atoms with Crippen LogP contribution < -0.4 is 5.32 Å². The molecule has 1 fully saturated rings. The SMILES string of the molecule is CCOC1CCN(C(=NC)NCc2ccn(-c3ccccc3)n2)CC1. The number of ether oxygens (including phenoxy) is 1. The van der Waals surface area contributed by atoms with Crippen LogP contribution >= 0.6 is 0 Å². The summed E-state index contributed by atoms with van der Waals surface area (Å²) in [6, 6.07) is 12.2. The molecule has 1 aromatic carbocycles. The molecule has 0 atom stereocenters. The lowest BCUT2D eigenvalue weighted by Crippen LogP contribution is -2.46. The Hall–Kier alpha value is -2.34. The number of piperidine rings is 1. The number of benzene rings is 1. The van der Waals surface area contributed by atoms with Gasteiger partial charge in [-0.1, -0.05) is 18.2 Å². The Morgan fingerprint density at radius 1 is 1.24 bits per heavy atom. The molecule has 0 saturated carbocycles. The van der Waals surface area contributed by atoms with Gasteiger partial charge in [-0.3, -0.25) is 4.99 Å². The summed E-state index contributed by atoms with van der Waals surface area (Å²) in [5.41, 5.74) is 2.06. The highest BCUT2D eigenvalue weighted by atomic mass is 16.5. The number of para-hydroxylation sites is 1. The maximum Gasteiger partial charge on any atom is 0.193 e. The summed E-state index contributed by atoms with van der Waals surface area (Å²) >= 11 is 0. The van der Waals surface area contributed by atoms with Crippen LogP contribution in [0, 0.1) is 0 Å². The minimum atomic E-state index is 0.390. The second-order valence-corrected chi connectivity index (χ2v) is 6.13. The Bertz CT molecular complexity index is 674. The van der Waals surface area contributed by atoms with E-state index < -0.39 is 0 Å². The fraction of sp³-hybridized carbons (Fsp3) is 0.474. The van der Waals surface area contributed by atoms with Crippen molar-refractivity contribution in [2.24, 2.45) is 4.99 Å². The quantitative estimate of drug-likeness (QED) is 0.670. The molecular weight excluding hydrogens is 314 g/mol. The highest BCUT2D eigenvalue weighted by Crippen LogP contribution is 2.14. The molecule has 1 aliphatic rings. The number of guanidine groups is 1. The molecule has 6 heteroatoms. The zero-order chi connectivity index (χ0) is 17.5. The van der Waals surface area contributed by atoms with Crippen LogP contribution in [0.2, 0.25) is 0 Å². The van der Waals surface area contributed by atoms with E-state index in [-0.39, 0.29) is 0 Å². The van der Waals surface area contributed by atoms with Crippen LogP contribution in [0.5, 0.6) is 0 Å². The monoisotopic (exact) mass is 341 g/mol. The van der Waals surface area contributed by atoms with Gasteiger partial charge in [-0.2, -0.15) is 5.10 Å². The molecule has 0 spiro atoms. The first-order valence-electron chi connectivity index (χ1n) is 8.97. The van der Waals surface area contributed by atoms with Crippen LogP contribution in [0.4, 0.5) is 0 Å². The molecule has 0 radical (unpaired) electrons. The van der Waals surface area contributed by atoms with Crippen molar-refractivity contribution in [3.8, 4) is 5.69 Å². The molecule has 0 bridgehead atoms. The summed E-state index contributed by atoms with van der Waals surface area (Å²) in [4.78, 5) is 6.71. The van der Waals surface area contributed by atoms with Crippen LogP contribution in [-0.2, 0) is 11.3 Å². The van der Waals surface area contributed by atoms with Gasteiger partial charge in [0, 0.05) is 32.9 Å². The Kier molecular flexibility index (Phi) is 6.06. The smallest absolute Gasteiger partial charge is 0.193 e. The van der Waals surface area contributed by atoms with E-state index >= 15 is 0 Å². The maximum atomic E-state index is 5.72. The maximum absolute atomic E-state index is 5.72. The van der Waals surface area contributed by atoms with Crippen LogP contribution in [0.1, 0.15) is 25.5 Å². The molecule has 6 nitrogen and oxygen atoms in total. The Morgan fingerprint density at radius 3 is 2.68 bits per heavy atom. The zero-order valence-electron chi connectivity index (χ0n) is 15.1. The van der Waals surface area contributed by atoms with Crippen LogP contribution in [0.15, 0.2) is 47.6 Å². The number of aliphatic imine (C=N–C) groups is 1. The van der Waals surface area contributed by atoms with Crippen LogP contribution in [-0.4, -0.2) is 53.5 Å². The van der Waals surface area contributed by atoms with Crippen molar-refractivity contribution in [3.05, 3.63) is 48.3 Å². The van der Waals surface area contributed by atoms with Gasteiger partial charge in [0.1, 0.15) is 0 Å². The van der Waals surface area contributed by atoms with Crippen molar-refractivity contribution in [2.45, 2.75) is 32.4 Å². The van der Waals surface area contributed by atoms with E-state index in [1.165, 1.54) is 0 Å². The molecule has 0 amide bonds. The third-order valence-electron chi connectivity index (χ3n) is 4.45. The van der Waals surface area contributed by atoms with Gasteiger partial charge in [-0.05, 0) is 38.0 Å². The van der Waals surface area contributed by atoms with E-state index in [2.05, 4.69) is 27.2 Å². The standard InChI is InChI=1S/C19H27N5O/c1-3-25-18-10-12-23(13-11-18)19(20-2)21-15-16-9-14-24(22-16)17-7-5-4-6-8-17/h4-9,14,18H,3,10-13,15H2,1-2H3,(H,20,21). The van der Waals surface area contributed by atoms with E-state index in [1.54, 1.807) is 0 Å². The topological polar surface area (TPSA) is 54.7 Å². The summed E-state index contributed by atoms with van der Waals surface area (Å²) in [6.45, 7) is 5.46. The number of hydrogen-bond donors (Lipinski definition) is 1. The molecule has 3 rings (SSSR count). The molecule has 134 valence electrons. The molecule has 2 aromatic rings. The van der Waals surface area contributed by atoms with E-state index in [9.17, 15) is 0 Å². The second-order valence-electron chi connectivity index (χ2n) is 6.13. The van der Waals surface area contributed by atoms with Gasteiger partial charge in [-0.15, -0.1) is 0 Å². The van der Waals surface area contributed by atoms with Gasteiger partial charge < -0.3 is 15.0 Å². The molecule has 25 heavy (non-hydrogen) atoms. The predicted octanol–water partition coefficient (Wildman–Crippen LogP) is 2.45. The van der Waals surface area contributed by atoms with E-state index in [1.807, 2.05) is 54.3 Å². The molecule has 1 N–H and O–H groups in total. The number of nitrogens with zero attached hydrogens (tertiary/aromatic N) is 4. The normalized spacial score (nSPS) is 16.2. The largest absolute Gasteiger partial charge is 0.378 e. The molecule has 0 aliphatic carbocycles. The highest BCUT2D eigenvalue weighted by Gasteiger charge is 2.21. The van der Waals surface area contributed by atoms with E-state index in [0.29, 0.717) is 12.6 Å². The third kappa shape index (κ3) is 4.60. The van der Waals surface area contributed by atoms with Crippen LogP contribution in [0.25, 0.3) is 5.69 Å². The summed E-state index contributed by atoms with van der Waals surface area (Å²) in [7, 11) is 1.83. The Balaban J connectivity index is 1.53. The average molecular weight is 341 g/mol. The minimum absolute atomic E-state index is 0.390. The number of hydrogen-bond acceptors (Lipinski definition) is 3. The van der Waals surface area contributed by atoms with Crippen molar-refractivity contribution in [3.63, 3.8) is 0 Å². The van der Waals surface area contributed by atoms with Crippen molar-refractivity contribution < 1.29 is 4.74 Å². The summed E-state index contributed by atoms with van der Waals surface area (Å²) in [5, 5.41) is 8.06. The third-order valence-corrected chi connectivity index (χ3v) is 4.45. The molecule has 1 aliphatic heterocycles. The van der Waals surface area contributed by atoms with Crippen molar-refractivity contribution in [2.75, 3.05) is 26.7 Å². The van der Waals surface area contributed by atoms with Gasteiger partial charge in [0.2, 0.25) is 0 Å². The van der Waals surface area contributed by atoms with E-state index in [0.717, 1.165) is 49.9 Å². The lowest BCUT2D eigenvalue weighted by Gasteiger charge is -2.33. The van der Waals surface area contributed by atoms with Crippen molar-refractivity contribution in [1.82, 2.24) is 20.0 Å². The predicted molar refractivity (Wildman–Crippen MR) is 100.0 cm³/mol. The molecule has 1 saturated heterocycles. The fourth-order valence-corrected chi connectivity index (χ4v) is 3.15. The lowest BCUT2D eigenvalue weighted by atomic mass is 10.1. The number of nitrogens with one attached hydrogen (secondary N) is 1. The van der Waals surface area contributed by atoms with Gasteiger partial charge in [-0.25, -0.2) is 4.68 Å². The molecule has 2 heterocycles. The Morgan fingerprint density at radius 2 is 2.00 bits per heavy atom. The van der Waals surface area contributed by atoms with Gasteiger partial charge in [0.25, 0.3) is 0 Å². The first-order chi connectivity index (χ1) is 12.3. The van der Waals surface area contributed by atoms with Gasteiger partial charge in [0.15, 0.2) is 5.96 Å². The zero-order valence-corrected chi connectivity index (χ0v) is 15.1. The van der Waals surface area contributed by atoms with Crippen molar-refractivity contribution in [1.29, 1.82) is 0 Å². The highest BCUT2D eigenvalue weighted by molar-refractivity contribution is 5.79. The first kappa shape index (κ1) is 17.5. The summed E-state index contributed by atoms with van der Waals surface area (Å²) in [6.07, 6.45) is 4.48. The van der Waals surface area contributed by atoms with Gasteiger partial charge in [0.05, 0.1) is 24.0 Å². The molecule has 1 aromatic heterocycles. The minimum Gasteiger partial charge on any atom is -0.378 e.